The van der Waals surface area contributed by atoms with Crippen LogP contribution in [0.4, 0.5) is 17.5 Å². The predicted octanol–water partition coefficient (Wildman–Crippen LogP) is 3.50. The molecule has 0 radical (unpaired) electrons. The Hall–Kier alpha value is -2.51. The van der Waals surface area contributed by atoms with Crippen LogP contribution >= 0.6 is 24.8 Å². The van der Waals surface area contributed by atoms with Gasteiger partial charge in [-0.25, -0.2) is 4.98 Å². The molecule has 4 rings (SSSR count). The SMILES string of the molecule is Cl.Cl.Nc1ccc(NC(=O)C2CCN(c3nc4ccccc4o3)CC2)cn1. The first-order valence-electron chi connectivity index (χ1n) is 8.32. The van der Waals surface area contributed by atoms with Crippen LogP contribution in [-0.2, 0) is 4.79 Å². The number of fused-ring (bicyclic) bond motifs is 1. The molecule has 3 N–H and O–H groups in total. The van der Waals surface area contributed by atoms with Crippen LogP contribution < -0.4 is 16.0 Å². The van der Waals surface area contributed by atoms with Crippen molar-refractivity contribution in [3.8, 4) is 0 Å². The molecule has 9 heteroatoms. The van der Waals surface area contributed by atoms with E-state index < -0.39 is 0 Å². The number of piperidine rings is 1. The monoisotopic (exact) mass is 409 g/mol. The van der Waals surface area contributed by atoms with Crippen molar-refractivity contribution in [2.45, 2.75) is 12.8 Å². The number of hydrogen-bond acceptors (Lipinski definition) is 6. The number of oxazole rings is 1. The van der Waals surface area contributed by atoms with Crippen LogP contribution in [0, 0.1) is 5.92 Å². The zero-order valence-corrected chi connectivity index (χ0v) is 16.1. The van der Waals surface area contributed by atoms with Crippen LogP contribution in [0.2, 0.25) is 0 Å². The summed E-state index contributed by atoms with van der Waals surface area (Å²) in [6, 6.07) is 11.8. The fourth-order valence-electron chi connectivity index (χ4n) is 3.05. The van der Waals surface area contributed by atoms with Crippen molar-refractivity contribution in [1.29, 1.82) is 0 Å². The molecule has 0 aliphatic carbocycles. The van der Waals surface area contributed by atoms with Gasteiger partial charge in [0, 0.05) is 19.0 Å². The Bertz CT molecular complexity index is 859. The van der Waals surface area contributed by atoms with Gasteiger partial charge in [0.15, 0.2) is 5.58 Å². The second-order valence-corrected chi connectivity index (χ2v) is 6.19. The highest BCUT2D eigenvalue weighted by molar-refractivity contribution is 5.92. The third-order valence-electron chi connectivity index (χ3n) is 4.47. The number of anilines is 3. The summed E-state index contributed by atoms with van der Waals surface area (Å²) in [6.45, 7) is 1.48. The highest BCUT2D eigenvalue weighted by atomic mass is 35.5. The van der Waals surface area contributed by atoms with Gasteiger partial charge in [0.05, 0.1) is 11.9 Å². The maximum absolute atomic E-state index is 12.4. The minimum absolute atomic E-state index is 0. The summed E-state index contributed by atoms with van der Waals surface area (Å²) in [5, 5.41) is 2.90. The Kier molecular flexibility index (Phi) is 6.87. The zero-order valence-electron chi connectivity index (χ0n) is 14.5. The Morgan fingerprint density at radius 1 is 1.15 bits per heavy atom. The zero-order chi connectivity index (χ0) is 17.2. The number of pyridine rings is 1. The second-order valence-electron chi connectivity index (χ2n) is 6.19. The molecule has 1 aromatic carbocycles. The van der Waals surface area contributed by atoms with Crippen LogP contribution in [0.3, 0.4) is 0 Å². The number of benzene rings is 1. The van der Waals surface area contributed by atoms with Crippen LogP contribution in [0.15, 0.2) is 47.0 Å². The largest absolute Gasteiger partial charge is 0.423 e. The lowest BCUT2D eigenvalue weighted by molar-refractivity contribution is -0.120. The number of hydrogen-bond donors (Lipinski definition) is 2. The van der Waals surface area contributed by atoms with Crippen molar-refractivity contribution in [3.63, 3.8) is 0 Å². The topological polar surface area (TPSA) is 97.3 Å². The number of para-hydroxylation sites is 2. The molecule has 0 spiro atoms. The molecule has 1 amide bonds. The number of nitrogens with zero attached hydrogens (tertiary/aromatic N) is 3. The normalized spacial score (nSPS) is 14.3. The van der Waals surface area contributed by atoms with Gasteiger partial charge in [0.25, 0.3) is 6.01 Å². The number of carbonyl (C=O) groups excluding carboxylic acids is 1. The van der Waals surface area contributed by atoms with E-state index in [2.05, 4.69) is 20.2 Å². The predicted molar refractivity (Wildman–Crippen MR) is 111 cm³/mol. The van der Waals surface area contributed by atoms with Gasteiger partial charge in [0.1, 0.15) is 11.3 Å². The number of nitrogens with two attached hydrogens (primary N) is 1. The number of halogens is 2. The van der Waals surface area contributed by atoms with E-state index in [1.165, 1.54) is 0 Å². The summed E-state index contributed by atoms with van der Waals surface area (Å²) >= 11 is 0. The van der Waals surface area contributed by atoms with E-state index in [0.29, 0.717) is 17.5 Å². The summed E-state index contributed by atoms with van der Waals surface area (Å²) in [6.07, 6.45) is 3.08. The van der Waals surface area contributed by atoms with Gasteiger partial charge in [-0.2, -0.15) is 4.98 Å². The molecule has 0 unspecified atom stereocenters. The average molecular weight is 410 g/mol. The molecule has 2 aromatic heterocycles. The van der Waals surface area contributed by atoms with Crippen LogP contribution in [0.5, 0.6) is 0 Å². The minimum Gasteiger partial charge on any atom is -0.423 e. The van der Waals surface area contributed by atoms with Gasteiger partial charge >= 0.3 is 0 Å². The molecule has 1 aliphatic heterocycles. The van der Waals surface area contributed by atoms with E-state index in [-0.39, 0.29) is 36.6 Å². The molecule has 144 valence electrons. The number of rotatable bonds is 3. The van der Waals surface area contributed by atoms with E-state index in [4.69, 9.17) is 10.2 Å². The third kappa shape index (κ3) is 4.61. The van der Waals surface area contributed by atoms with Crippen LogP contribution in [0.25, 0.3) is 11.1 Å². The molecular formula is C18H21Cl2N5O2. The molecule has 3 heterocycles. The molecule has 1 saturated heterocycles. The Balaban J connectivity index is 0.00000131. The number of aromatic nitrogens is 2. The number of amides is 1. The molecule has 27 heavy (non-hydrogen) atoms. The Morgan fingerprint density at radius 3 is 2.56 bits per heavy atom. The van der Waals surface area contributed by atoms with Crippen LogP contribution in [-0.4, -0.2) is 29.0 Å². The third-order valence-corrected chi connectivity index (χ3v) is 4.47. The van der Waals surface area contributed by atoms with Gasteiger partial charge in [-0.05, 0) is 37.1 Å². The first-order valence-corrected chi connectivity index (χ1v) is 8.32. The number of nitrogens with one attached hydrogen (secondary N) is 1. The fourth-order valence-corrected chi connectivity index (χ4v) is 3.05. The smallest absolute Gasteiger partial charge is 0.298 e. The van der Waals surface area contributed by atoms with Gasteiger partial charge in [0.2, 0.25) is 5.91 Å². The van der Waals surface area contributed by atoms with E-state index in [9.17, 15) is 4.79 Å². The maximum Gasteiger partial charge on any atom is 0.298 e. The van der Waals surface area contributed by atoms with Crippen molar-refractivity contribution in [2.75, 3.05) is 29.0 Å². The van der Waals surface area contributed by atoms with Gasteiger partial charge in [-0.1, -0.05) is 12.1 Å². The lowest BCUT2D eigenvalue weighted by Gasteiger charge is -2.30. The van der Waals surface area contributed by atoms with E-state index in [0.717, 1.165) is 37.0 Å². The van der Waals surface area contributed by atoms with Gasteiger partial charge in [-0.15, -0.1) is 24.8 Å². The Labute approximate surface area is 169 Å². The molecule has 7 nitrogen and oxygen atoms in total. The van der Waals surface area contributed by atoms with Crippen molar-refractivity contribution in [1.82, 2.24) is 9.97 Å². The van der Waals surface area contributed by atoms with Crippen molar-refractivity contribution in [2.24, 2.45) is 5.92 Å². The standard InChI is InChI=1S/C18H19N5O2.2ClH/c19-16-6-5-13(11-20-16)21-17(24)12-7-9-23(10-8-12)18-22-14-3-1-2-4-15(14)25-18;;/h1-6,11-12H,7-10H2,(H2,19,20)(H,21,24);2*1H. The van der Waals surface area contributed by atoms with Crippen molar-refractivity contribution < 1.29 is 9.21 Å². The van der Waals surface area contributed by atoms with Crippen molar-refractivity contribution >= 4 is 59.3 Å². The Morgan fingerprint density at radius 2 is 1.89 bits per heavy atom. The minimum atomic E-state index is -0.0295. The lowest BCUT2D eigenvalue weighted by Crippen LogP contribution is -2.38. The maximum atomic E-state index is 12.4. The molecule has 0 bridgehead atoms. The molecule has 0 saturated carbocycles. The summed E-state index contributed by atoms with van der Waals surface area (Å²) < 4.78 is 5.80. The summed E-state index contributed by atoms with van der Waals surface area (Å²) in [5.41, 5.74) is 7.86. The van der Waals surface area contributed by atoms with E-state index >= 15 is 0 Å². The molecule has 1 aliphatic rings. The molecule has 3 aromatic rings. The fraction of sp³-hybridized carbons (Fsp3) is 0.278. The quantitative estimate of drug-likeness (QED) is 0.686. The number of nitrogen functional groups attached to an aromatic ring is 1. The summed E-state index contributed by atoms with van der Waals surface area (Å²) in [5.74, 6) is 0.423. The summed E-state index contributed by atoms with van der Waals surface area (Å²) in [7, 11) is 0. The van der Waals surface area contributed by atoms with E-state index in [1.54, 1.807) is 18.3 Å². The van der Waals surface area contributed by atoms with Crippen molar-refractivity contribution in [3.05, 3.63) is 42.6 Å². The highest BCUT2D eigenvalue weighted by Gasteiger charge is 2.27. The highest BCUT2D eigenvalue weighted by Crippen LogP contribution is 2.26. The molecule has 1 fully saturated rings. The summed E-state index contributed by atoms with van der Waals surface area (Å²) in [4.78, 5) is 23.0. The molecule has 0 atom stereocenters. The van der Waals surface area contributed by atoms with E-state index in [1.807, 2.05) is 24.3 Å². The first-order chi connectivity index (χ1) is 12.2. The molecular weight excluding hydrogens is 389 g/mol. The second kappa shape index (κ2) is 8.92. The average Bonchev–Trinajstić information content (AvgIpc) is 3.08. The first kappa shape index (κ1) is 20.8. The number of carbonyl (C=O) groups is 1. The van der Waals surface area contributed by atoms with Crippen LogP contribution in [0.1, 0.15) is 12.8 Å². The van der Waals surface area contributed by atoms with Gasteiger partial charge in [-0.3, -0.25) is 4.79 Å². The lowest BCUT2D eigenvalue weighted by atomic mass is 9.96. The van der Waals surface area contributed by atoms with Gasteiger partial charge < -0.3 is 20.4 Å².